The molecular formula is C24H21BrN2O7S. The van der Waals surface area contributed by atoms with Crippen LogP contribution in [-0.4, -0.2) is 69.1 Å². The van der Waals surface area contributed by atoms with Gasteiger partial charge in [-0.05, 0) is 29.8 Å². The highest BCUT2D eigenvalue weighted by Gasteiger charge is 2.59. The minimum atomic E-state index is -1.58. The number of benzene rings is 2. The molecule has 0 spiro atoms. The second-order valence-electron chi connectivity index (χ2n) is 7.91. The van der Waals surface area contributed by atoms with Crippen molar-refractivity contribution < 1.29 is 32.9 Å². The Labute approximate surface area is 212 Å². The fourth-order valence-electron chi connectivity index (χ4n) is 3.81. The van der Waals surface area contributed by atoms with E-state index < -0.39 is 58.4 Å². The maximum absolute atomic E-state index is 12.8. The molecule has 4 atom stereocenters. The Morgan fingerprint density at radius 3 is 2.46 bits per heavy atom. The van der Waals surface area contributed by atoms with Crippen LogP contribution in [0.15, 0.2) is 71.2 Å². The van der Waals surface area contributed by atoms with Crippen molar-refractivity contribution in [2.75, 3.05) is 19.0 Å². The van der Waals surface area contributed by atoms with Crippen LogP contribution in [0.3, 0.4) is 0 Å². The largest absolute Gasteiger partial charge is 0.484 e. The first kappa shape index (κ1) is 24.8. The molecule has 2 saturated heterocycles. The lowest BCUT2D eigenvalue weighted by atomic mass is 9.98. The van der Waals surface area contributed by atoms with Crippen LogP contribution in [0.2, 0.25) is 0 Å². The van der Waals surface area contributed by atoms with Crippen molar-refractivity contribution in [3.8, 4) is 5.75 Å². The fourth-order valence-corrected chi connectivity index (χ4v) is 5.74. The van der Waals surface area contributed by atoms with E-state index in [4.69, 9.17) is 9.47 Å². The minimum absolute atomic E-state index is 0.0399. The third kappa shape index (κ3) is 5.35. The highest BCUT2D eigenvalue weighted by molar-refractivity contribution is 9.10. The van der Waals surface area contributed by atoms with Crippen LogP contribution in [0, 0.1) is 0 Å². The lowest BCUT2D eigenvalue weighted by Gasteiger charge is -2.52. The van der Waals surface area contributed by atoms with Crippen molar-refractivity contribution in [1.29, 1.82) is 0 Å². The van der Waals surface area contributed by atoms with Gasteiger partial charge in [0.2, 0.25) is 5.91 Å². The quantitative estimate of drug-likeness (QED) is 0.225. The second-order valence-corrected chi connectivity index (χ2v) is 10.4. The number of carbonyl (C=O) groups is 4. The number of nitrogens with zero attached hydrogens (tertiary/aromatic N) is 1. The Morgan fingerprint density at radius 2 is 1.77 bits per heavy atom. The van der Waals surface area contributed by atoms with E-state index in [-0.39, 0.29) is 17.9 Å². The smallest absolute Gasteiger partial charge is 0.333 e. The lowest BCUT2D eigenvalue weighted by Crippen LogP contribution is -2.77. The molecule has 11 heteroatoms. The number of para-hydroxylation sites is 1. The number of β-lactam (4-membered cyclic amide) rings is 1. The van der Waals surface area contributed by atoms with Gasteiger partial charge in [0.05, 0.1) is 10.8 Å². The van der Waals surface area contributed by atoms with Crippen LogP contribution in [0.25, 0.3) is 0 Å². The number of Topliss-reactive ketones (excluding diaryl/α,β-unsaturated/α-hetero) is 1. The Hall–Kier alpha value is -3.31. The summed E-state index contributed by atoms with van der Waals surface area (Å²) in [5.41, 5.74) is 0.606. The summed E-state index contributed by atoms with van der Waals surface area (Å²) in [4.78, 5) is 51.4. The molecule has 2 fully saturated rings. The van der Waals surface area contributed by atoms with Gasteiger partial charge in [-0.15, -0.1) is 0 Å². The van der Waals surface area contributed by atoms with Gasteiger partial charge in [-0.3, -0.25) is 18.6 Å². The van der Waals surface area contributed by atoms with Crippen molar-refractivity contribution in [2.45, 2.75) is 17.5 Å². The minimum Gasteiger partial charge on any atom is -0.484 e. The summed E-state index contributed by atoms with van der Waals surface area (Å²) in [5.74, 6) is -1.95. The normalized spacial score (nSPS) is 23.1. The lowest BCUT2D eigenvalue weighted by molar-refractivity contribution is -0.163. The van der Waals surface area contributed by atoms with Crippen LogP contribution in [-0.2, 0) is 29.9 Å². The Kier molecular flexibility index (Phi) is 7.46. The van der Waals surface area contributed by atoms with E-state index in [1.165, 1.54) is 0 Å². The van der Waals surface area contributed by atoms with Crippen LogP contribution < -0.4 is 10.1 Å². The number of hydrogen-bond donors (Lipinski definition) is 1. The first-order valence-corrected chi connectivity index (χ1v) is 12.7. The van der Waals surface area contributed by atoms with Crippen molar-refractivity contribution >= 4 is 50.3 Å². The van der Waals surface area contributed by atoms with Crippen LogP contribution in [0.5, 0.6) is 5.75 Å². The molecule has 2 aliphatic heterocycles. The average molecular weight is 561 g/mol. The SMILES string of the molecule is C=C1CS(=O)[C@H]2C(NC(=O)COc3ccccc3)C(=O)N2C1C(=O)OCC(=O)c1ccc(Br)cc1. The van der Waals surface area contributed by atoms with Crippen molar-refractivity contribution in [1.82, 2.24) is 10.2 Å². The third-order valence-corrected chi connectivity index (χ3v) is 7.73. The molecule has 182 valence electrons. The van der Waals surface area contributed by atoms with Crippen LogP contribution in [0.1, 0.15) is 10.4 Å². The number of ketones is 1. The van der Waals surface area contributed by atoms with Gasteiger partial charge in [0.1, 0.15) is 17.2 Å². The summed E-state index contributed by atoms with van der Waals surface area (Å²) in [6.45, 7) is 2.93. The Bertz CT molecular complexity index is 1200. The van der Waals surface area contributed by atoms with E-state index in [0.717, 1.165) is 9.37 Å². The van der Waals surface area contributed by atoms with E-state index in [0.29, 0.717) is 11.3 Å². The highest BCUT2D eigenvalue weighted by atomic mass is 79.9. The molecule has 2 aliphatic rings. The molecule has 3 unspecified atom stereocenters. The Balaban J connectivity index is 1.36. The number of amides is 2. The zero-order chi connectivity index (χ0) is 25.1. The van der Waals surface area contributed by atoms with Gasteiger partial charge < -0.3 is 19.7 Å². The van der Waals surface area contributed by atoms with Gasteiger partial charge in [0.25, 0.3) is 5.91 Å². The molecule has 0 aliphatic carbocycles. The topological polar surface area (TPSA) is 119 Å². The summed E-state index contributed by atoms with van der Waals surface area (Å²) in [6, 6.07) is 13.0. The molecule has 0 radical (unpaired) electrons. The van der Waals surface area contributed by atoms with Crippen LogP contribution in [0.4, 0.5) is 0 Å². The summed E-state index contributed by atoms with van der Waals surface area (Å²) in [7, 11) is -1.58. The molecule has 1 N–H and O–H groups in total. The summed E-state index contributed by atoms with van der Waals surface area (Å²) < 4.78 is 24.0. The van der Waals surface area contributed by atoms with E-state index in [9.17, 15) is 23.4 Å². The standard InChI is InChI=1S/C24H21BrN2O7S/c1-14-13-35(32)23-20(26-19(29)12-33-17-5-3-2-4-6-17)22(30)27(23)21(14)24(31)34-11-18(28)15-7-9-16(25)10-8-15/h2-10,20-21,23H,1,11-13H2,(H,26,29)/t20?,21?,23-,35?/m0/s1. The molecule has 0 bridgehead atoms. The van der Waals surface area contributed by atoms with Gasteiger partial charge in [-0.25, -0.2) is 4.79 Å². The number of ether oxygens (including phenoxy) is 2. The summed E-state index contributed by atoms with van der Waals surface area (Å²) >= 11 is 3.28. The number of carbonyl (C=O) groups excluding carboxylic acids is 4. The molecule has 35 heavy (non-hydrogen) atoms. The second kappa shape index (κ2) is 10.5. The molecule has 0 aromatic heterocycles. The van der Waals surface area contributed by atoms with E-state index in [1.54, 1.807) is 54.6 Å². The van der Waals surface area contributed by atoms with E-state index in [2.05, 4.69) is 27.8 Å². The molecule has 2 amide bonds. The van der Waals surface area contributed by atoms with Gasteiger partial charge in [0.15, 0.2) is 25.0 Å². The maximum atomic E-state index is 12.8. The highest BCUT2D eigenvalue weighted by Crippen LogP contribution is 2.34. The predicted molar refractivity (Wildman–Crippen MR) is 130 cm³/mol. The van der Waals surface area contributed by atoms with Crippen LogP contribution >= 0.6 is 15.9 Å². The first-order chi connectivity index (χ1) is 16.8. The predicted octanol–water partition coefficient (Wildman–Crippen LogP) is 1.59. The van der Waals surface area contributed by atoms with E-state index in [1.807, 2.05) is 0 Å². The Morgan fingerprint density at radius 1 is 1.09 bits per heavy atom. The monoisotopic (exact) mass is 560 g/mol. The summed E-state index contributed by atoms with van der Waals surface area (Å²) in [5, 5.41) is 1.62. The summed E-state index contributed by atoms with van der Waals surface area (Å²) in [6.07, 6.45) is 0. The molecule has 2 aromatic carbocycles. The first-order valence-electron chi connectivity index (χ1n) is 10.6. The molecule has 4 rings (SSSR count). The van der Waals surface area contributed by atoms with Crippen molar-refractivity contribution in [2.24, 2.45) is 0 Å². The molecule has 0 saturated carbocycles. The zero-order valence-electron chi connectivity index (χ0n) is 18.3. The number of halogens is 1. The molecule has 2 aromatic rings. The van der Waals surface area contributed by atoms with Gasteiger partial charge >= 0.3 is 5.97 Å². The maximum Gasteiger partial charge on any atom is 0.333 e. The number of nitrogens with one attached hydrogen (secondary N) is 1. The average Bonchev–Trinajstić information content (AvgIpc) is 2.85. The number of esters is 1. The zero-order valence-corrected chi connectivity index (χ0v) is 20.8. The number of hydrogen-bond acceptors (Lipinski definition) is 7. The van der Waals surface area contributed by atoms with Crippen molar-refractivity contribution in [3.05, 3.63) is 76.8 Å². The fraction of sp³-hybridized carbons (Fsp3) is 0.250. The van der Waals surface area contributed by atoms with Crippen molar-refractivity contribution in [3.63, 3.8) is 0 Å². The van der Waals surface area contributed by atoms with Gasteiger partial charge in [-0.2, -0.15) is 0 Å². The molecule has 2 heterocycles. The third-order valence-electron chi connectivity index (χ3n) is 5.51. The van der Waals surface area contributed by atoms with Gasteiger partial charge in [-0.1, -0.05) is 52.8 Å². The van der Waals surface area contributed by atoms with E-state index >= 15 is 0 Å². The molecule has 9 nitrogen and oxygen atoms in total. The number of fused-ring (bicyclic) bond motifs is 1. The van der Waals surface area contributed by atoms with Gasteiger partial charge in [0, 0.05) is 15.8 Å². The molecular weight excluding hydrogens is 540 g/mol. The number of rotatable bonds is 8.